The number of aromatic carboxylic acids is 1. The number of aliphatic carboxylic acids is 1. The summed E-state index contributed by atoms with van der Waals surface area (Å²) in [4.78, 5) is 21.0. The molecule has 0 radical (unpaired) electrons. The second-order valence-corrected chi connectivity index (χ2v) is 5.50. The fourth-order valence-corrected chi connectivity index (χ4v) is 2.56. The molecule has 1 aliphatic rings. The molecule has 124 valence electrons. The van der Waals surface area contributed by atoms with Gasteiger partial charge in [-0.1, -0.05) is 54.6 Å². The van der Waals surface area contributed by atoms with E-state index in [4.69, 9.17) is 10.2 Å². The van der Waals surface area contributed by atoms with E-state index in [0.29, 0.717) is 5.56 Å². The van der Waals surface area contributed by atoms with Gasteiger partial charge >= 0.3 is 11.9 Å². The second kappa shape index (κ2) is 8.67. The molecular formula is C20H20O4. The van der Waals surface area contributed by atoms with E-state index in [-0.39, 0.29) is 18.4 Å². The molecule has 0 bridgehead atoms. The fraction of sp³-hybridized carbons (Fsp3) is 0.200. The minimum absolute atomic E-state index is 0.0513. The molecule has 0 atom stereocenters. The molecule has 3 rings (SSSR count). The maximum absolute atomic E-state index is 10.7. The van der Waals surface area contributed by atoms with Crippen LogP contribution in [-0.2, 0) is 17.6 Å². The van der Waals surface area contributed by atoms with Gasteiger partial charge in [-0.2, -0.15) is 0 Å². The summed E-state index contributed by atoms with van der Waals surface area (Å²) in [5.41, 5.74) is 3.62. The van der Waals surface area contributed by atoms with Gasteiger partial charge in [0.25, 0.3) is 0 Å². The Morgan fingerprint density at radius 1 is 0.958 bits per heavy atom. The summed E-state index contributed by atoms with van der Waals surface area (Å²) in [7, 11) is 0. The van der Waals surface area contributed by atoms with Crippen molar-refractivity contribution in [2.75, 3.05) is 0 Å². The van der Waals surface area contributed by atoms with Crippen molar-refractivity contribution in [3.63, 3.8) is 0 Å². The number of benzene rings is 2. The van der Waals surface area contributed by atoms with Gasteiger partial charge < -0.3 is 10.2 Å². The highest BCUT2D eigenvalue weighted by molar-refractivity contribution is 5.89. The highest BCUT2D eigenvalue weighted by atomic mass is 16.4. The van der Waals surface area contributed by atoms with Gasteiger partial charge in [0, 0.05) is 6.42 Å². The molecule has 0 fully saturated rings. The number of hydrogen-bond acceptors (Lipinski definition) is 2. The molecule has 0 unspecified atom stereocenters. The van der Waals surface area contributed by atoms with Crippen LogP contribution in [0.4, 0.5) is 0 Å². The van der Waals surface area contributed by atoms with Crippen LogP contribution in [0.5, 0.6) is 0 Å². The molecule has 0 spiro atoms. The standard InChI is InChI=1S/C10H10O4.C10H10/c11-9(12)6-5-7-3-1-2-4-8(7)10(13)14;1-2-6-10-8-4-3-7-9(10)5-1/h1-4H,5-6H2,(H,11,12)(H,13,14);1-3,5-7H,4,8H2. The van der Waals surface area contributed by atoms with Gasteiger partial charge in [-0.3, -0.25) is 4.79 Å². The second-order valence-electron chi connectivity index (χ2n) is 5.50. The Kier molecular flexibility index (Phi) is 6.32. The van der Waals surface area contributed by atoms with Crippen LogP contribution >= 0.6 is 0 Å². The number of rotatable bonds is 4. The van der Waals surface area contributed by atoms with E-state index in [9.17, 15) is 9.59 Å². The number of carbonyl (C=O) groups is 2. The SMILES string of the molecule is C1=Cc2ccccc2CC1.O=C(O)CCc1ccccc1C(=O)O. The first-order chi connectivity index (χ1) is 11.6. The lowest BCUT2D eigenvalue weighted by molar-refractivity contribution is -0.136. The monoisotopic (exact) mass is 324 g/mol. The number of carboxylic acids is 2. The normalized spacial score (nSPS) is 11.8. The molecule has 4 nitrogen and oxygen atoms in total. The van der Waals surface area contributed by atoms with Crippen molar-refractivity contribution in [1.82, 2.24) is 0 Å². The molecule has 0 heterocycles. The number of allylic oxidation sites excluding steroid dienone is 1. The molecule has 0 aliphatic heterocycles. The maximum Gasteiger partial charge on any atom is 0.335 e. The molecule has 2 aromatic carbocycles. The first-order valence-electron chi connectivity index (χ1n) is 7.85. The van der Waals surface area contributed by atoms with Crippen LogP contribution in [0.2, 0.25) is 0 Å². The summed E-state index contributed by atoms with van der Waals surface area (Å²) in [6.07, 6.45) is 7.06. The fourth-order valence-electron chi connectivity index (χ4n) is 2.56. The van der Waals surface area contributed by atoms with Crippen molar-refractivity contribution in [3.05, 3.63) is 76.9 Å². The summed E-state index contributed by atoms with van der Waals surface area (Å²) in [5, 5.41) is 17.2. The van der Waals surface area contributed by atoms with Crippen molar-refractivity contribution < 1.29 is 19.8 Å². The van der Waals surface area contributed by atoms with Gasteiger partial charge in [0.05, 0.1) is 5.56 Å². The first kappa shape index (κ1) is 17.5. The van der Waals surface area contributed by atoms with E-state index < -0.39 is 11.9 Å². The molecule has 2 aromatic rings. The zero-order chi connectivity index (χ0) is 17.4. The number of fused-ring (bicyclic) bond motifs is 1. The third kappa shape index (κ3) is 5.09. The Morgan fingerprint density at radius 3 is 2.38 bits per heavy atom. The van der Waals surface area contributed by atoms with Crippen molar-refractivity contribution >= 4 is 18.0 Å². The van der Waals surface area contributed by atoms with Crippen molar-refractivity contribution in [3.8, 4) is 0 Å². The van der Waals surface area contributed by atoms with Crippen molar-refractivity contribution in [1.29, 1.82) is 0 Å². The van der Waals surface area contributed by atoms with Crippen LogP contribution in [0.15, 0.2) is 54.6 Å². The topological polar surface area (TPSA) is 74.6 Å². The molecule has 0 aromatic heterocycles. The van der Waals surface area contributed by atoms with Gasteiger partial charge in [-0.15, -0.1) is 0 Å². The summed E-state index contributed by atoms with van der Waals surface area (Å²) >= 11 is 0. The summed E-state index contributed by atoms with van der Waals surface area (Å²) in [6, 6.07) is 15.0. The molecule has 0 saturated carbocycles. The smallest absolute Gasteiger partial charge is 0.335 e. The van der Waals surface area contributed by atoms with E-state index >= 15 is 0 Å². The lowest BCUT2D eigenvalue weighted by Gasteiger charge is -2.07. The van der Waals surface area contributed by atoms with Crippen LogP contribution in [0.25, 0.3) is 6.08 Å². The molecule has 1 aliphatic carbocycles. The number of carboxylic acid groups (broad SMARTS) is 2. The Bertz CT molecular complexity index is 747. The Morgan fingerprint density at radius 2 is 1.67 bits per heavy atom. The molecule has 2 N–H and O–H groups in total. The molecular weight excluding hydrogens is 304 g/mol. The van der Waals surface area contributed by atoms with E-state index in [0.717, 1.165) is 0 Å². The maximum atomic E-state index is 10.7. The molecule has 0 amide bonds. The van der Waals surface area contributed by atoms with Crippen LogP contribution in [0, 0.1) is 0 Å². The minimum atomic E-state index is -1.02. The van der Waals surface area contributed by atoms with E-state index in [1.807, 2.05) is 0 Å². The van der Waals surface area contributed by atoms with Crippen LogP contribution in [-0.4, -0.2) is 22.2 Å². The Balaban J connectivity index is 0.000000182. The van der Waals surface area contributed by atoms with Crippen molar-refractivity contribution in [2.24, 2.45) is 0 Å². The minimum Gasteiger partial charge on any atom is -0.481 e. The van der Waals surface area contributed by atoms with Gasteiger partial charge in [-0.25, -0.2) is 4.79 Å². The van der Waals surface area contributed by atoms with Crippen LogP contribution < -0.4 is 0 Å². The van der Waals surface area contributed by atoms with Gasteiger partial charge in [-0.05, 0) is 42.0 Å². The predicted molar refractivity (Wildman–Crippen MR) is 93.2 cm³/mol. The van der Waals surface area contributed by atoms with Gasteiger partial charge in [0.15, 0.2) is 0 Å². The lowest BCUT2D eigenvalue weighted by Crippen LogP contribution is -2.04. The number of hydrogen-bond donors (Lipinski definition) is 2. The third-order valence-corrected chi connectivity index (χ3v) is 3.79. The zero-order valence-corrected chi connectivity index (χ0v) is 13.3. The Labute approximate surface area is 141 Å². The molecule has 0 saturated heterocycles. The Hall–Kier alpha value is -2.88. The summed E-state index contributed by atoms with van der Waals surface area (Å²) < 4.78 is 0. The van der Waals surface area contributed by atoms with E-state index in [2.05, 4.69) is 36.4 Å². The largest absolute Gasteiger partial charge is 0.481 e. The average molecular weight is 324 g/mol. The molecule has 24 heavy (non-hydrogen) atoms. The van der Waals surface area contributed by atoms with Crippen molar-refractivity contribution in [2.45, 2.75) is 25.7 Å². The highest BCUT2D eigenvalue weighted by Gasteiger charge is 2.09. The van der Waals surface area contributed by atoms with E-state index in [1.54, 1.807) is 18.2 Å². The zero-order valence-electron chi connectivity index (χ0n) is 13.3. The lowest BCUT2D eigenvalue weighted by atomic mass is 9.98. The van der Waals surface area contributed by atoms with Crippen LogP contribution in [0.1, 0.15) is 39.9 Å². The quantitative estimate of drug-likeness (QED) is 0.890. The summed E-state index contributed by atoms with van der Waals surface area (Å²) in [5.74, 6) is -1.95. The van der Waals surface area contributed by atoms with Gasteiger partial charge in [0.2, 0.25) is 0 Å². The van der Waals surface area contributed by atoms with E-state index in [1.165, 1.54) is 30.0 Å². The predicted octanol–water partition coefficient (Wildman–Crippen LogP) is 4.05. The summed E-state index contributed by atoms with van der Waals surface area (Å²) in [6.45, 7) is 0. The third-order valence-electron chi connectivity index (χ3n) is 3.79. The van der Waals surface area contributed by atoms with Crippen LogP contribution in [0.3, 0.4) is 0 Å². The first-order valence-corrected chi connectivity index (χ1v) is 7.85. The highest BCUT2D eigenvalue weighted by Crippen LogP contribution is 2.17. The molecule has 4 heteroatoms. The average Bonchev–Trinajstić information content (AvgIpc) is 2.61. The van der Waals surface area contributed by atoms with Gasteiger partial charge in [0.1, 0.15) is 0 Å². The number of aryl methyl sites for hydroxylation is 2.